The van der Waals surface area contributed by atoms with Crippen LogP contribution in [-0.2, 0) is 11.2 Å². The lowest BCUT2D eigenvalue weighted by Crippen LogP contribution is -2.13. The van der Waals surface area contributed by atoms with Crippen LogP contribution < -0.4 is 5.73 Å². The molecule has 0 fully saturated rings. The Bertz CT molecular complexity index is 323. The van der Waals surface area contributed by atoms with Gasteiger partial charge in [0.15, 0.2) is 0 Å². The van der Waals surface area contributed by atoms with Crippen LogP contribution in [0.5, 0.6) is 0 Å². The Hall–Kier alpha value is -0.960. The molecule has 0 aromatic heterocycles. The molecule has 0 spiro atoms. The molecular weight excluding hydrogens is 182 g/mol. The average Bonchev–Trinajstić information content (AvgIpc) is 2.03. The van der Waals surface area contributed by atoms with Gasteiger partial charge in [-0.25, -0.2) is 0 Å². The molecular formula is C10H13NOS. The van der Waals surface area contributed by atoms with E-state index in [4.69, 9.17) is 5.73 Å². The van der Waals surface area contributed by atoms with E-state index in [1.807, 2.05) is 31.4 Å². The minimum Gasteiger partial charge on any atom is -0.369 e. The maximum atomic E-state index is 10.7. The summed E-state index contributed by atoms with van der Waals surface area (Å²) in [5.74, 6) is -0.281. The Labute approximate surface area is 82.5 Å². The summed E-state index contributed by atoms with van der Waals surface area (Å²) in [4.78, 5) is 11.9. The number of primary amides is 1. The van der Waals surface area contributed by atoms with Crippen LogP contribution in [0.3, 0.4) is 0 Å². The van der Waals surface area contributed by atoms with E-state index < -0.39 is 0 Å². The van der Waals surface area contributed by atoms with Crippen molar-refractivity contribution in [1.82, 2.24) is 0 Å². The maximum Gasteiger partial charge on any atom is 0.221 e. The number of aryl methyl sites for hydroxylation is 1. The van der Waals surface area contributed by atoms with Gasteiger partial charge in [-0.3, -0.25) is 4.79 Å². The summed E-state index contributed by atoms with van der Waals surface area (Å²) >= 11 is 1.71. The highest BCUT2D eigenvalue weighted by atomic mass is 32.2. The summed E-state index contributed by atoms with van der Waals surface area (Å²) in [7, 11) is 0. The molecule has 0 atom stereocenters. The maximum absolute atomic E-state index is 10.7. The van der Waals surface area contributed by atoms with Gasteiger partial charge in [0.2, 0.25) is 5.91 Å². The van der Waals surface area contributed by atoms with Gasteiger partial charge in [0.05, 0.1) is 6.42 Å². The number of carbonyl (C=O) groups excluding carboxylic acids is 1. The van der Waals surface area contributed by atoms with Gasteiger partial charge in [0.1, 0.15) is 0 Å². The van der Waals surface area contributed by atoms with Gasteiger partial charge < -0.3 is 5.73 Å². The monoisotopic (exact) mass is 195 g/mol. The van der Waals surface area contributed by atoms with Gasteiger partial charge in [-0.1, -0.05) is 12.1 Å². The third-order valence-corrected chi connectivity index (χ3v) is 2.74. The summed E-state index contributed by atoms with van der Waals surface area (Å²) in [6, 6.07) is 5.98. The van der Waals surface area contributed by atoms with Gasteiger partial charge in [-0.15, -0.1) is 11.8 Å². The van der Waals surface area contributed by atoms with Crippen LogP contribution in [0.15, 0.2) is 23.1 Å². The predicted molar refractivity (Wildman–Crippen MR) is 55.9 cm³/mol. The first-order chi connectivity index (χ1) is 6.13. The number of thioether (sulfide) groups is 1. The molecule has 1 amide bonds. The molecule has 0 aliphatic rings. The van der Waals surface area contributed by atoms with Gasteiger partial charge >= 0.3 is 0 Å². The Morgan fingerprint density at radius 3 is 2.69 bits per heavy atom. The minimum absolute atomic E-state index is 0.281. The summed E-state index contributed by atoms with van der Waals surface area (Å²) in [6.07, 6.45) is 2.37. The quantitative estimate of drug-likeness (QED) is 0.747. The van der Waals surface area contributed by atoms with Crippen molar-refractivity contribution in [3.63, 3.8) is 0 Å². The van der Waals surface area contributed by atoms with Crippen molar-refractivity contribution >= 4 is 17.7 Å². The number of carbonyl (C=O) groups is 1. The van der Waals surface area contributed by atoms with E-state index in [1.54, 1.807) is 11.8 Å². The van der Waals surface area contributed by atoms with Crippen molar-refractivity contribution in [2.45, 2.75) is 18.2 Å². The minimum atomic E-state index is -0.281. The average molecular weight is 195 g/mol. The fourth-order valence-corrected chi connectivity index (χ4v) is 1.84. The second-order valence-electron chi connectivity index (χ2n) is 2.95. The zero-order chi connectivity index (χ0) is 9.84. The Morgan fingerprint density at radius 2 is 2.23 bits per heavy atom. The molecule has 1 aromatic rings. The molecule has 3 heteroatoms. The molecule has 2 nitrogen and oxygen atoms in total. The Morgan fingerprint density at radius 1 is 1.54 bits per heavy atom. The van der Waals surface area contributed by atoms with Crippen LogP contribution in [0.1, 0.15) is 11.1 Å². The lowest BCUT2D eigenvalue weighted by atomic mass is 10.1. The molecule has 1 rings (SSSR count). The molecule has 0 unspecified atom stereocenters. The number of hydrogen-bond acceptors (Lipinski definition) is 2. The summed E-state index contributed by atoms with van der Waals surface area (Å²) < 4.78 is 0. The van der Waals surface area contributed by atoms with Crippen molar-refractivity contribution in [3.8, 4) is 0 Å². The van der Waals surface area contributed by atoms with Gasteiger partial charge in [-0.05, 0) is 30.4 Å². The summed E-state index contributed by atoms with van der Waals surface area (Å²) in [5, 5.41) is 0. The molecule has 0 aliphatic carbocycles. The molecule has 0 saturated heterocycles. The fraction of sp³-hybridized carbons (Fsp3) is 0.300. The van der Waals surface area contributed by atoms with E-state index in [2.05, 4.69) is 0 Å². The smallest absolute Gasteiger partial charge is 0.221 e. The first-order valence-electron chi connectivity index (χ1n) is 4.05. The van der Waals surface area contributed by atoms with E-state index in [-0.39, 0.29) is 5.91 Å². The highest BCUT2D eigenvalue weighted by Crippen LogP contribution is 2.20. The zero-order valence-electron chi connectivity index (χ0n) is 7.83. The largest absolute Gasteiger partial charge is 0.369 e. The standard InChI is InChI=1S/C10H13NOS/c1-7-5-8(6-10(11)12)3-4-9(7)13-2/h3-5H,6H2,1-2H3,(H2,11,12). The molecule has 70 valence electrons. The van der Waals surface area contributed by atoms with Gasteiger partial charge in [0.25, 0.3) is 0 Å². The number of rotatable bonds is 3. The third kappa shape index (κ3) is 2.77. The molecule has 0 saturated carbocycles. The second-order valence-corrected chi connectivity index (χ2v) is 3.80. The van der Waals surface area contributed by atoms with Crippen molar-refractivity contribution in [2.75, 3.05) is 6.26 Å². The molecule has 0 heterocycles. The topological polar surface area (TPSA) is 43.1 Å². The molecule has 0 aliphatic heterocycles. The third-order valence-electron chi connectivity index (χ3n) is 1.84. The highest BCUT2D eigenvalue weighted by Gasteiger charge is 2.01. The van der Waals surface area contributed by atoms with Crippen LogP contribution in [0.25, 0.3) is 0 Å². The highest BCUT2D eigenvalue weighted by molar-refractivity contribution is 7.98. The van der Waals surface area contributed by atoms with E-state index >= 15 is 0 Å². The van der Waals surface area contributed by atoms with Crippen LogP contribution in [-0.4, -0.2) is 12.2 Å². The number of benzene rings is 1. The molecule has 1 aromatic carbocycles. The Balaban J connectivity index is 2.89. The number of hydrogen-bond donors (Lipinski definition) is 1. The van der Waals surface area contributed by atoms with Crippen LogP contribution in [0, 0.1) is 6.92 Å². The molecule has 13 heavy (non-hydrogen) atoms. The number of nitrogens with two attached hydrogens (primary N) is 1. The van der Waals surface area contributed by atoms with Crippen LogP contribution in [0.4, 0.5) is 0 Å². The zero-order valence-corrected chi connectivity index (χ0v) is 8.65. The first-order valence-corrected chi connectivity index (χ1v) is 5.28. The fourth-order valence-electron chi connectivity index (χ4n) is 1.25. The van der Waals surface area contributed by atoms with Crippen LogP contribution >= 0.6 is 11.8 Å². The van der Waals surface area contributed by atoms with Crippen molar-refractivity contribution in [1.29, 1.82) is 0 Å². The first kappa shape index (κ1) is 10.1. The van der Waals surface area contributed by atoms with Crippen molar-refractivity contribution in [3.05, 3.63) is 29.3 Å². The SMILES string of the molecule is CSc1ccc(CC(N)=O)cc1C. The van der Waals surface area contributed by atoms with Crippen LogP contribution in [0.2, 0.25) is 0 Å². The van der Waals surface area contributed by atoms with Crippen molar-refractivity contribution in [2.24, 2.45) is 5.73 Å². The molecule has 0 bridgehead atoms. The van der Waals surface area contributed by atoms with E-state index in [0.29, 0.717) is 6.42 Å². The summed E-state index contributed by atoms with van der Waals surface area (Å²) in [5.41, 5.74) is 7.29. The predicted octanol–water partition coefficient (Wildman–Crippen LogP) is 1.74. The Kier molecular flexibility index (Phi) is 3.37. The summed E-state index contributed by atoms with van der Waals surface area (Å²) in [6.45, 7) is 2.04. The lowest BCUT2D eigenvalue weighted by molar-refractivity contribution is -0.117. The van der Waals surface area contributed by atoms with E-state index in [1.165, 1.54) is 10.5 Å². The molecule has 2 N–H and O–H groups in total. The molecule has 0 radical (unpaired) electrons. The second kappa shape index (κ2) is 4.33. The van der Waals surface area contributed by atoms with Gasteiger partial charge in [0, 0.05) is 4.90 Å². The number of amides is 1. The lowest BCUT2D eigenvalue weighted by Gasteiger charge is -2.04. The van der Waals surface area contributed by atoms with E-state index in [9.17, 15) is 4.79 Å². The normalized spacial score (nSPS) is 10.0. The van der Waals surface area contributed by atoms with Crippen molar-refractivity contribution < 1.29 is 4.79 Å². The van der Waals surface area contributed by atoms with E-state index in [0.717, 1.165) is 5.56 Å². The van der Waals surface area contributed by atoms with Gasteiger partial charge in [-0.2, -0.15) is 0 Å².